The molecule has 1 atom stereocenters. The molecule has 2 aliphatic heterocycles. The van der Waals surface area contributed by atoms with Gasteiger partial charge in [-0.05, 0) is 43.3 Å². The Morgan fingerprint density at radius 3 is 2.58 bits per heavy atom. The van der Waals surface area contributed by atoms with Gasteiger partial charge in [0, 0.05) is 31.0 Å². The van der Waals surface area contributed by atoms with Gasteiger partial charge in [-0.15, -0.1) is 0 Å². The first-order valence-electron chi connectivity index (χ1n) is 10.1. The maximum Gasteiger partial charge on any atom is 0.263 e. The summed E-state index contributed by atoms with van der Waals surface area (Å²) < 4.78 is 17.2. The Kier molecular flexibility index (Phi) is 6.04. The van der Waals surface area contributed by atoms with Crippen LogP contribution in [-0.2, 0) is 4.79 Å². The number of carbonyl (C=O) groups is 2. The fourth-order valence-electron chi connectivity index (χ4n) is 4.08. The normalized spacial score (nSPS) is 18.2. The number of ketones is 1. The molecule has 0 bridgehead atoms. The molecule has 2 aliphatic rings. The van der Waals surface area contributed by atoms with Crippen molar-refractivity contribution in [2.75, 3.05) is 20.2 Å². The van der Waals surface area contributed by atoms with Gasteiger partial charge < -0.3 is 19.1 Å². The van der Waals surface area contributed by atoms with Crippen LogP contribution in [0.2, 0.25) is 10.0 Å². The number of amides is 1. The highest BCUT2D eigenvalue weighted by atomic mass is 35.5. The number of ether oxygens (including phenoxy) is 3. The molecule has 6 nitrogen and oxygen atoms in total. The van der Waals surface area contributed by atoms with Crippen LogP contribution in [0.25, 0.3) is 0 Å². The van der Waals surface area contributed by atoms with Crippen molar-refractivity contribution in [2.45, 2.75) is 37.9 Å². The highest BCUT2D eigenvalue weighted by Gasteiger charge is 2.44. The number of nitrogens with zero attached hydrogens (tertiary/aromatic N) is 1. The topological polar surface area (TPSA) is 65.1 Å². The molecule has 1 spiro atoms. The summed E-state index contributed by atoms with van der Waals surface area (Å²) in [6.45, 7) is 2.67. The van der Waals surface area contributed by atoms with Crippen LogP contribution in [0.4, 0.5) is 0 Å². The third-order valence-corrected chi connectivity index (χ3v) is 6.36. The first-order chi connectivity index (χ1) is 14.8. The zero-order chi connectivity index (χ0) is 22.2. The van der Waals surface area contributed by atoms with Gasteiger partial charge in [-0.3, -0.25) is 9.59 Å². The highest BCUT2D eigenvalue weighted by molar-refractivity contribution is 6.35. The van der Waals surface area contributed by atoms with Crippen LogP contribution >= 0.6 is 23.2 Å². The molecule has 31 heavy (non-hydrogen) atoms. The second-order valence-electron chi connectivity index (χ2n) is 7.91. The van der Waals surface area contributed by atoms with Gasteiger partial charge in [0.1, 0.15) is 22.8 Å². The van der Waals surface area contributed by atoms with Gasteiger partial charge >= 0.3 is 0 Å². The molecule has 4 rings (SSSR count). The Morgan fingerprint density at radius 1 is 1.16 bits per heavy atom. The van der Waals surface area contributed by atoms with Crippen molar-refractivity contribution in [1.82, 2.24) is 4.90 Å². The smallest absolute Gasteiger partial charge is 0.263 e. The molecule has 164 valence electrons. The molecule has 0 saturated carbocycles. The van der Waals surface area contributed by atoms with E-state index in [4.69, 9.17) is 37.4 Å². The molecule has 0 aliphatic carbocycles. The van der Waals surface area contributed by atoms with Crippen molar-refractivity contribution in [3.8, 4) is 17.2 Å². The van der Waals surface area contributed by atoms with Crippen molar-refractivity contribution < 1.29 is 23.8 Å². The summed E-state index contributed by atoms with van der Waals surface area (Å²) in [6.07, 6.45) is 0.742. The minimum Gasteiger partial charge on any atom is -0.497 e. The van der Waals surface area contributed by atoms with E-state index < -0.39 is 11.7 Å². The molecular formula is C23H23Cl2NO5. The lowest BCUT2D eigenvalue weighted by atomic mass is 9.82. The number of carbonyl (C=O) groups excluding carboxylic acids is 2. The van der Waals surface area contributed by atoms with E-state index in [2.05, 4.69) is 0 Å². The lowest BCUT2D eigenvalue weighted by molar-refractivity contribution is -0.141. The summed E-state index contributed by atoms with van der Waals surface area (Å²) in [5.41, 5.74) is -0.0377. The van der Waals surface area contributed by atoms with Crippen LogP contribution in [0.1, 0.15) is 36.5 Å². The Labute approximate surface area is 191 Å². The number of hydrogen-bond acceptors (Lipinski definition) is 5. The molecule has 1 amide bonds. The SMILES string of the molecule is COc1ccc2c(c1)C(=O)CC1(CCN(C(=O)C(C)Oc3ccc(Cl)cc3Cl)CC1)O2. The molecule has 0 radical (unpaired) electrons. The number of hydrogen-bond donors (Lipinski definition) is 0. The molecule has 0 aromatic heterocycles. The van der Waals surface area contributed by atoms with E-state index in [1.807, 2.05) is 0 Å². The molecule has 2 aromatic carbocycles. The maximum atomic E-state index is 12.9. The van der Waals surface area contributed by atoms with E-state index in [-0.39, 0.29) is 11.7 Å². The summed E-state index contributed by atoms with van der Waals surface area (Å²) in [4.78, 5) is 27.4. The van der Waals surface area contributed by atoms with Gasteiger partial charge in [0.05, 0.1) is 24.1 Å². The minimum absolute atomic E-state index is 0.0361. The van der Waals surface area contributed by atoms with Crippen LogP contribution in [-0.4, -0.2) is 48.5 Å². The predicted molar refractivity (Wildman–Crippen MR) is 118 cm³/mol. The maximum absolute atomic E-state index is 12.9. The molecule has 1 fully saturated rings. The minimum atomic E-state index is -0.699. The Morgan fingerprint density at radius 2 is 1.90 bits per heavy atom. The molecule has 8 heteroatoms. The largest absolute Gasteiger partial charge is 0.497 e. The molecular weight excluding hydrogens is 441 g/mol. The third-order valence-electron chi connectivity index (χ3n) is 5.83. The van der Waals surface area contributed by atoms with Gasteiger partial charge in [0.2, 0.25) is 0 Å². The lowest BCUT2D eigenvalue weighted by Crippen LogP contribution is -2.54. The number of fused-ring (bicyclic) bond motifs is 1. The lowest BCUT2D eigenvalue weighted by Gasteiger charge is -2.44. The Bertz CT molecular complexity index is 1020. The monoisotopic (exact) mass is 463 g/mol. The van der Waals surface area contributed by atoms with E-state index in [0.717, 1.165) is 0 Å². The average Bonchev–Trinajstić information content (AvgIpc) is 2.75. The Hall–Kier alpha value is -2.44. The molecule has 0 N–H and O–H groups in total. The van der Waals surface area contributed by atoms with Gasteiger partial charge in [-0.1, -0.05) is 23.2 Å². The average molecular weight is 464 g/mol. The standard InChI is InChI=1S/C23H23Cl2NO5/c1-14(30-21-5-3-15(24)11-18(21)25)22(28)26-9-7-23(8-10-26)13-19(27)17-12-16(29-2)4-6-20(17)31-23/h3-6,11-12,14H,7-10,13H2,1-2H3. The molecule has 2 aromatic rings. The second-order valence-corrected chi connectivity index (χ2v) is 8.75. The fourth-order valence-corrected chi connectivity index (χ4v) is 4.54. The first kappa shape index (κ1) is 21.8. The first-order valence-corrected chi connectivity index (χ1v) is 10.9. The number of rotatable bonds is 4. The Balaban J connectivity index is 1.40. The van der Waals surface area contributed by atoms with Gasteiger partial charge in [0.25, 0.3) is 5.91 Å². The third kappa shape index (κ3) is 4.46. The second kappa shape index (κ2) is 8.60. The highest BCUT2D eigenvalue weighted by Crippen LogP contribution is 2.40. The quantitative estimate of drug-likeness (QED) is 0.651. The van der Waals surface area contributed by atoms with E-state index in [9.17, 15) is 9.59 Å². The van der Waals surface area contributed by atoms with E-state index in [0.29, 0.717) is 65.2 Å². The number of likely N-dealkylation sites (tertiary alicyclic amines) is 1. The summed E-state index contributed by atoms with van der Waals surface area (Å²) in [5.74, 6) is 1.52. The van der Waals surface area contributed by atoms with E-state index in [1.54, 1.807) is 55.3 Å². The number of Topliss-reactive ketones (excluding diaryl/α,β-unsaturated/α-hetero) is 1. The van der Waals surface area contributed by atoms with Crippen molar-refractivity contribution in [3.63, 3.8) is 0 Å². The summed E-state index contributed by atoms with van der Waals surface area (Å²) in [7, 11) is 1.57. The zero-order valence-electron chi connectivity index (χ0n) is 17.3. The molecule has 2 heterocycles. The number of benzene rings is 2. The van der Waals surface area contributed by atoms with Crippen molar-refractivity contribution >= 4 is 34.9 Å². The van der Waals surface area contributed by atoms with Gasteiger partial charge in [-0.2, -0.15) is 0 Å². The molecule has 1 unspecified atom stereocenters. The van der Waals surface area contributed by atoms with Crippen LogP contribution in [0.3, 0.4) is 0 Å². The summed E-state index contributed by atoms with van der Waals surface area (Å²) in [5, 5.41) is 0.855. The van der Waals surface area contributed by atoms with Gasteiger partial charge in [0.15, 0.2) is 11.9 Å². The van der Waals surface area contributed by atoms with Crippen molar-refractivity contribution in [2.24, 2.45) is 0 Å². The van der Waals surface area contributed by atoms with Crippen LogP contribution in [0.15, 0.2) is 36.4 Å². The van der Waals surface area contributed by atoms with Gasteiger partial charge in [-0.25, -0.2) is 0 Å². The zero-order valence-corrected chi connectivity index (χ0v) is 18.8. The van der Waals surface area contributed by atoms with E-state index >= 15 is 0 Å². The van der Waals surface area contributed by atoms with Crippen LogP contribution in [0, 0.1) is 0 Å². The summed E-state index contributed by atoms with van der Waals surface area (Å²) >= 11 is 12.1. The van der Waals surface area contributed by atoms with Crippen LogP contribution < -0.4 is 14.2 Å². The van der Waals surface area contributed by atoms with Crippen LogP contribution in [0.5, 0.6) is 17.2 Å². The number of piperidine rings is 1. The molecule has 1 saturated heterocycles. The summed E-state index contributed by atoms with van der Waals surface area (Å²) in [6, 6.07) is 10.2. The number of methoxy groups -OCH3 is 1. The number of halogens is 2. The fraction of sp³-hybridized carbons (Fsp3) is 0.391. The van der Waals surface area contributed by atoms with Crippen molar-refractivity contribution in [3.05, 3.63) is 52.0 Å². The predicted octanol–water partition coefficient (Wildman–Crippen LogP) is 4.80. The van der Waals surface area contributed by atoms with Crippen molar-refractivity contribution in [1.29, 1.82) is 0 Å². The van der Waals surface area contributed by atoms with E-state index in [1.165, 1.54) is 0 Å².